The molecule has 1 aliphatic rings. The first-order valence-corrected chi connectivity index (χ1v) is 9.58. The number of halogens is 1. The van der Waals surface area contributed by atoms with E-state index in [1.54, 1.807) is 24.3 Å². The van der Waals surface area contributed by atoms with Crippen LogP contribution in [0.1, 0.15) is 25.8 Å². The summed E-state index contributed by atoms with van der Waals surface area (Å²) in [7, 11) is 0. The van der Waals surface area contributed by atoms with Crippen LogP contribution in [0.25, 0.3) is 6.08 Å². The van der Waals surface area contributed by atoms with Crippen molar-refractivity contribution >= 4 is 44.9 Å². The van der Waals surface area contributed by atoms with E-state index in [0.29, 0.717) is 36.2 Å². The molecule has 0 bridgehead atoms. The van der Waals surface area contributed by atoms with E-state index in [1.165, 1.54) is 4.90 Å². The van der Waals surface area contributed by atoms with E-state index in [4.69, 9.17) is 9.47 Å². The molecule has 0 unspecified atom stereocenters. The number of hydrogen-bond acceptors (Lipinski definition) is 5. The Morgan fingerprint density at radius 2 is 1.96 bits per heavy atom. The second-order valence-corrected chi connectivity index (χ2v) is 7.03. The molecular weight excluding hydrogens is 406 g/mol. The highest BCUT2D eigenvalue weighted by Crippen LogP contribution is 2.38. The second-order valence-electron chi connectivity index (χ2n) is 5.19. The summed E-state index contributed by atoms with van der Waals surface area (Å²) in [6, 6.07) is 3.58. The number of carbonyl (C=O) groups excluding carboxylic acids is 2. The Morgan fingerprint density at radius 1 is 1.24 bits per heavy atom. The van der Waals surface area contributed by atoms with Gasteiger partial charge in [0.2, 0.25) is 0 Å². The predicted octanol–water partition coefficient (Wildman–Crippen LogP) is 4.86. The van der Waals surface area contributed by atoms with Crippen molar-refractivity contribution in [3.05, 3.63) is 39.7 Å². The normalized spacial score (nSPS) is 15.8. The third kappa shape index (κ3) is 4.67. The van der Waals surface area contributed by atoms with Gasteiger partial charge in [-0.25, -0.2) is 0 Å². The molecule has 1 heterocycles. The van der Waals surface area contributed by atoms with Crippen LogP contribution in [0, 0.1) is 0 Å². The van der Waals surface area contributed by atoms with Crippen LogP contribution in [-0.2, 0) is 4.79 Å². The summed E-state index contributed by atoms with van der Waals surface area (Å²) >= 11 is 4.44. The molecule has 1 aromatic carbocycles. The van der Waals surface area contributed by atoms with E-state index >= 15 is 0 Å². The van der Waals surface area contributed by atoms with E-state index < -0.39 is 0 Å². The number of rotatable bonds is 8. The van der Waals surface area contributed by atoms with Crippen LogP contribution in [0.2, 0.25) is 0 Å². The van der Waals surface area contributed by atoms with Crippen LogP contribution in [0.4, 0.5) is 4.79 Å². The van der Waals surface area contributed by atoms with Crippen molar-refractivity contribution in [2.45, 2.75) is 20.3 Å². The monoisotopic (exact) mass is 425 g/mol. The van der Waals surface area contributed by atoms with Crippen molar-refractivity contribution < 1.29 is 19.1 Å². The molecule has 0 atom stereocenters. The highest BCUT2D eigenvalue weighted by molar-refractivity contribution is 9.10. The Bertz CT molecular complexity index is 717. The smallest absolute Gasteiger partial charge is 0.293 e. The van der Waals surface area contributed by atoms with E-state index in [9.17, 15) is 9.59 Å². The minimum atomic E-state index is -0.256. The fraction of sp³-hybridized carbons (Fsp3) is 0.333. The van der Waals surface area contributed by atoms with Crippen molar-refractivity contribution in [3.8, 4) is 11.5 Å². The first kappa shape index (κ1) is 19.6. The molecule has 2 rings (SSSR count). The molecule has 7 heteroatoms. The molecule has 0 saturated carbocycles. The van der Waals surface area contributed by atoms with Crippen LogP contribution in [0.3, 0.4) is 0 Å². The zero-order chi connectivity index (χ0) is 18.4. The van der Waals surface area contributed by atoms with Crippen molar-refractivity contribution in [2.75, 3.05) is 19.8 Å². The summed E-state index contributed by atoms with van der Waals surface area (Å²) in [6.45, 7) is 8.73. The highest BCUT2D eigenvalue weighted by atomic mass is 79.9. The molecule has 2 amide bonds. The van der Waals surface area contributed by atoms with E-state index in [2.05, 4.69) is 22.5 Å². The van der Waals surface area contributed by atoms with Crippen molar-refractivity contribution in [3.63, 3.8) is 0 Å². The van der Waals surface area contributed by atoms with Gasteiger partial charge in [-0.05, 0) is 48.9 Å². The number of carbonyl (C=O) groups is 2. The fourth-order valence-electron chi connectivity index (χ4n) is 2.25. The second kappa shape index (κ2) is 9.10. The summed E-state index contributed by atoms with van der Waals surface area (Å²) in [5.74, 6) is 0.908. The van der Waals surface area contributed by atoms with Gasteiger partial charge in [0.1, 0.15) is 6.61 Å². The van der Waals surface area contributed by atoms with Gasteiger partial charge in [0.25, 0.3) is 11.1 Å². The molecule has 1 fully saturated rings. The molecule has 1 aliphatic heterocycles. The maximum absolute atomic E-state index is 12.4. The molecule has 0 radical (unpaired) electrons. The van der Waals surface area contributed by atoms with Crippen LogP contribution < -0.4 is 9.47 Å². The standard InChI is InChI=1S/C18H20BrNO4S/c1-4-7-20-17(21)16(25-18(20)22)10-12-9-14(23-6-3)15(11-13(12)19)24-8-5-2/h5,9-11H,2,4,6-8H2,1,3H3/b16-10+. The Hall–Kier alpha value is -1.73. The van der Waals surface area contributed by atoms with E-state index in [1.807, 2.05) is 13.8 Å². The summed E-state index contributed by atoms with van der Waals surface area (Å²) in [6.07, 6.45) is 4.09. The maximum atomic E-state index is 12.4. The Morgan fingerprint density at radius 3 is 2.60 bits per heavy atom. The summed E-state index contributed by atoms with van der Waals surface area (Å²) in [5.41, 5.74) is 0.747. The Labute approximate surface area is 160 Å². The number of thioether (sulfide) groups is 1. The number of imide groups is 1. The molecule has 134 valence electrons. The molecule has 1 saturated heterocycles. The van der Waals surface area contributed by atoms with Gasteiger partial charge in [-0.1, -0.05) is 35.5 Å². The van der Waals surface area contributed by atoms with Crippen molar-refractivity contribution in [2.24, 2.45) is 0 Å². The molecule has 0 aromatic heterocycles. The van der Waals surface area contributed by atoms with Crippen LogP contribution in [0.5, 0.6) is 11.5 Å². The van der Waals surface area contributed by atoms with Gasteiger partial charge in [-0.3, -0.25) is 14.5 Å². The average molecular weight is 426 g/mol. The fourth-order valence-corrected chi connectivity index (χ4v) is 3.54. The lowest BCUT2D eigenvalue weighted by molar-refractivity contribution is -0.122. The maximum Gasteiger partial charge on any atom is 0.293 e. The lowest BCUT2D eigenvalue weighted by atomic mass is 10.1. The topological polar surface area (TPSA) is 55.8 Å². The quantitative estimate of drug-likeness (QED) is 0.439. The predicted molar refractivity (Wildman–Crippen MR) is 104 cm³/mol. The largest absolute Gasteiger partial charge is 0.490 e. The van der Waals surface area contributed by atoms with Gasteiger partial charge in [0, 0.05) is 11.0 Å². The van der Waals surface area contributed by atoms with Crippen LogP contribution in [0.15, 0.2) is 34.2 Å². The van der Waals surface area contributed by atoms with Gasteiger partial charge < -0.3 is 9.47 Å². The summed E-state index contributed by atoms with van der Waals surface area (Å²) in [4.78, 5) is 26.0. The van der Waals surface area contributed by atoms with Crippen molar-refractivity contribution in [1.29, 1.82) is 0 Å². The number of benzene rings is 1. The molecule has 5 nitrogen and oxygen atoms in total. The minimum absolute atomic E-state index is 0.231. The molecule has 0 N–H and O–H groups in total. The van der Waals surface area contributed by atoms with Gasteiger partial charge in [0.15, 0.2) is 11.5 Å². The lowest BCUT2D eigenvalue weighted by Gasteiger charge is -2.13. The van der Waals surface area contributed by atoms with Gasteiger partial charge in [-0.2, -0.15) is 0 Å². The first-order valence-electron chi connectivity index (χ1n) is 7.97. The molecular formula is C18H20BrNO4S. The third-order valence-corrected chi connectivity index (χ3v) is 4.92. The SMILES string of the molecule is C=CCOc1cc(Br)c(/C=C2/SC(=O)N(CCC)C2=O)cc1OCC. The zero-order valence-corrected chi connectivity index (χ0v) is 16.6. The van der Waals surface area contributed by atoms with Gasteiger partial charge in [0.05, 0.1) is 11.5 Å². The molecule has 25 heavy (non-hydrogen) atoms. The highest BCUT2D eigenvalue weighted by Gasteiger charge is 2.34. The van der Waals surface area contributed by atoms with Crippen LogP contribution >= 0.6 is 27.7 Å². The summed E-state index contributed by atoms with van der Waals surface area (Å²) in [5, 5.41) is -0.231. The first-order chi connectivity index (χ1) is 12.0. The lowest BCUT2D eigenvalue weighted by Crippen LogP contribution is -2.28. The Balaban J connectivity index is 2.35. The minimum Gasteiger partial charge on any atom is -0.490 e. The third-order valence-electron chi connectivity index (χ3n) is 3.33. The molecule has 0 spiro atoms. The van der Waals surface area contributed by atoms with E-state index in [0.717, 1.165) is 28.2 Å². The Kier molecular flexibility index (Phi) is 7.13. The number of hydrogen-bond donors (Lipinski definition) is 0. The number of amides is 2. The van der Waals surface area contributed by atoms with Crippen LogP contribution in [-0.4, -0.2) is 35.8 Å². The van der Waals surface area contributed by atoms with E-state index in [-0.39, 0.29) is 11.1 Å². The zero-order valence-electron chi connectivity index (χ0n) is 14.2. The molecule has 0 aliphatic carbocycles. The van der Waals surface area contributed by atoms with Gasteiger partial charge >= 0.3 is 0 Å². The number of nitrogens with zero attached hydrogens (tertiary/aromatic N) is 1. The number of ether oxygens (including phenoxy) is 2. The summed E-state index contributed by atoms with van der Waals surface area (Å²) < 4.78 is 12.0. The average Bonchev–Trinajstić information content (AvgIpc) is 2.84. The van der Waals surface area contributed by atoms with Crippen molar-refractivity contribution in [1.82, 2.24) is 4.90 Å². The molecule has 1 aromatic rings. The van der Waals surface area contributed by atoms with Gasteiger partial charge in [-0.15, -0.1) is 0 Å².